The van der Waals surface area contributed by atoms with E-state index in [1.54, 1.807) is 0 Å². The van der Waals surface area contributed by atoms with Gasteiger partial charge in [0.25, 0.3) is 0 Å². The van der Waals surface area contributed by atoms with Gasteiger partial charge in [-0.25, -0.2) is 0 Å². The average molecular weight is 483 g/mol. The summed E-state index contributed by atoms with van der Waals surface area (Å²) in [6.07, 6.45) is 0.330. The molecule has 8 nitrogen and oxygen atoms in total. The zero-order chi connectivity index (χ0) is 25.8. The summed E-state index contributed by atoms with van der Waals surface area (Å²) in [5.41, 5.74) is 3.79. The molecule has 8 heteroatoms. The summed E-state index contributed by atoms with van der Waals surface area (Å²) in [6, 6.07) is 14.2. The lowest BCUT2D eigenvalue weighted by Crippen LogP contribution is -2.29. The van der Waals surface area contributed by atoms with Gasteiger partial charge < -0.3 is 20.1 Å². The van der Waals surface area contributed by atoms with Gasteiger partial charge in [-0.1, -0.05) is 59.7 Å². The highest BCUT2D eigenvalue weighted by Crippen LogP contribution is 2.19. The van der Waals surface area contributed by atoms with Crippen LogP contribution in [0.4, 0.5) is 0 Å². The number of carbonyl (C=O) groups excluding carboxylic acids is 4. The van der Waals surface area contributed by atoms with Crippen molar-refractivity contribution in [1.82, 2.24) is 10.6 Å². The second-order valence-electron chi connectivity index (χ2n) is 8.53. The predicted molar refractivity (Wildman–Crippen MR) is 131 cm³/mol. The SMILES string of the molecule is CC(=O)NC(CC(=O)OCCCOC(=O)CC(NC(C)=O)c1ccc(C)cc1)c1ccc(C)cc1. The van der Waals surface area contributed by atoms with Gasteiger partial charge in [-0.2, -0.15) is 0 Å². The van der Waals surface area contributed by atoms with Crippen molar-refractivity contribution in [2.24, 2.45) is 0 Å². The van der Waals surface area contributed by atoms with E-state index in [-0.39, 0.29) is 37.9 Å². The molecule has 0 spiro atoms. The second-order valence-corrected chi connectivity index (χ2v) is 8.53. The molecule has 2 aromatic carbocycles. The zero-order valence-corrected chi connectivity index (χ0v) is 20.8. The van der Waals surface area contributed by atoms with Crippen molar-refractivity contribution in [3.8, 4) is 0 Å². The molecule has 0 aliphatic heterocycles. The monoisotopic (exact) mass is 482 g/mol. The van der Waals surface area contributed by atoms with Gasteiger partial charge in [0.05, 0.1) is 38.1 Å². The molecular weight excluding hydrogens is 448 g/mol. The zero-order valence-electron chi connectivity index (χ0n) is 20.8. The third-order valence-corrected chi connectivity index (χ3v) is 5.27. The Morgan fingerprint density at radius 2 is 1.00 bits per heavy atom. The first-order chi connectivity index (χ1) is 16.6. The van der Waals surface area contributed by atoms with E-state index in [2.05, 4.69) is 10.6 Å². The van der Waals surface area contributed by atoms with E-state index < -0.39 is 24.0 Å². The lowest BCUT2D eigenvalue weighted by Gasteiger charge is -2.18. The summed E-state index contributed by atoms with van der Waals surface area (Å²) in [6.45, 7) is 6.88. The number of hydrogen-bond donors (Lipinski definition) is 2. The van der Waals surface area contributed by atoms with Crippen LogP contribution in [-0.2, 0) is 28.7 Å². The largest absolute Gasteiger partial charge is 0.465 e. The van der Waals surface area contributed by atoms with Gasteiger partial charge in [0.2, 0.25) is 11.8 Å². The Morgan fingerprint density at radius 1 is 0.657 bits per heavy atom. The Kier molecular flexibility index (Phi) is 10.9. The van der Waals surface area contributed by atoms with Gasteiger partial charge in [-0.05, 0) is 25.0 Å². The summed E-state index contributed by atoms with van der Waals surface area (Å²) in [7, 11) is 0. The minimum Gasteiger partial charge on any atom is -0.465 e. The molecule has 2 N–H and O–H groups in total. The van der Waals surface area contributed by atoms with Crippen molar-refractivity contribution in [2.45, 2.75) is 59.0 Å². The summed E-state index contributed by atoms with van der Waals surface area (Å²) in [5, 5.41) is 5.54. The van der Waals surface area contributed by atoms with Crippen LogP contribution in [0.1, 0.15) is 67.4 Å². The number of esters is 2. The molecule has 2 rings (SSSR count). The highest BCUT2D eigenvalue weighted by atomic mass is 16.5. The smallest absolute Gasteiger partial charge is 0.308 e. The molecule has 0 heterocycles. The standard InChI is InChI=1S/C27H34N2O6/c1-18-6-10-22(11-7-18)24(28-20(3)30)16-26(32)34-14-5-15-35-27(33)17-25(29-21(4)31)23-12-8-19(2)9-13-23/h6-13,24-25H,5,14-17H2,1-4H3,(H,28,30)(H,29,31). The molecular formula is C27H34N2O6. The van der Waals surface area contributed by atoms with Crippen molar-refractivity contribution in [1.29, 1.82) is 0 Å². The Balaban J connectivity index is 1.76. The molecule has 0 aliphatic carbocycles. The maximum atomic E-state index is 12.3. The van der Waals surface area contributed by atoms with Crippen molar-refractivity contribution < 1.29 is 28.7 Å². The molecule has 0 saturated heterocycles. The Hall–Kier alpha value is -3.68. The minimum absolute atomic E-state index is 0.00260. The topological polar surface area (TPSA) is 111 Å². The van der Waals surface area contributed by atoms with Gasteiger partial charge in [0, 0.05) is 20.3 Å². The van der Waals surface area contributed by atoms with Crippen LogP contribution in [-0.4, -0.2) is 37.0 Å². The van der Waals surface area contributed by atoms with Gasteiger partial charge in [-0.15, -0.1) is 0 Å². The molecule has 0 bridgehead atoms. The third-order valence-electron chi connectivity index (χ3n) is 5.27. The lowest BCUT2D eigenvalue weighted by molar-refractivity contribution is -0.146. The predicted octanol–water partition coefficient (Wildman–Crippen LogP) is 3.61. The highest BCUT2D eigenvalue weighted by Gasteiger charge is 2.19. The quantitative estimate of drug-likeness (QED) is 0.353. The number of aryl methyl sites for hydroxylation is 2. The van der Waals surface area contributed by atoms with E-state index in [4.69, 9.17) is 9.47 Å². The lowest BCUT2D eigenvalue weighted by atomic mass is 10.0. The van der Waals surface area contributed by atoms with Crippen LogP contribution < -0.4 is 10.6 Å². The van der Waals surface area contributed by atoms with Crippen LogP contribution >= 0.6 is 0 Å². The van der Waals surface area contributed by atoms with E-state index in [0.29, 0.717) is 6.42 Å². The molecule has 2 amide bonds. The normalized spacial score (nSPS) is 12.2. The molecule has 2 aromatic rings. The van der Waals surface area contributed by atoms with Crippen molar-refractivity contribution in [3.63, 3.8) is 0 Å². The van der Waals surface area contributed by atoms with Crippen LogP contribution in [0.25, 0.3) is 0 Å². The van der Waals surface area contributed by atoms with Gasteiger partial charge >= 0.3 is 11.9 Å². The molecule has 0 radical (unpaired) electrons. The number of carbonyl (C=O) groups is 4. The molecule has 2 unspecified atom stereocenters. The Labute approximate surface area is 206 Å². The minimum atomic E-state index is -0.481. The summed E-state index contributed by atoms with van der Waals surface area (Å²) in [4.78, 5) is 47.6. The van der Waals surface area contributed by atoms with Crippen LogP contribution in [0.15, 0.2) is 48.5 Å². The van der Waals surface area contributed by atoms with E-state index >= 15 is 0 Å². The fourth-order valence-corrected chi connectivity index (χ4v) is 3.47. The van der Waals surface area contributed by atoms with E-state index in [1.807, 2.05) is 62.4 Å². The molecule has 2 atom stereocenters. The number of rotatable bonds is 12. The van der Waals surface area contributed by atoms with Crippen molar-refractivity contribution in [2.75, 3.05) is 13.2 Å². The molecule has 0 aromatic heterocycles. The maximum absolute atomic E-state index is 12.3. The number of ether oxygens (including phenoxy) is 2. The molecule has 0 fully saturated rings. The van der Waals surface area contributed by atoms with Crippen molar-refractivity contribution >= 4 is 23.8 Å². The Bertz CT molecular complexity index is 920. The third kappa shape index (κ3) is 10.4. The first-order valence-corrected chi connectivity index (χ1v) is 11.6. The molecule has 35 heavy (non-hydrogen) atoms. The molecule has 0 aliphatic rings. The number of benzene rings is 2. The number of hydrogen-bond acceptors (Lipinski definition) is 6. The fourth-order valence-electron chi connectivity index (χ4n) is 3.47. The van der Waals surface area contributed by atoms with Crippen LogP contribution in [0, 0.1) is 13.8 Å². The second kappa shape index (κ2) is 13.9. The van der Waals surface area contributed by atoms with Gasteiger partial charge in [0.1, 0.15) is 0 Å². The van der Waals surface area contributed by atoms with Crippen LogP contribution in [0.5, 0.6) is 0 Å². The van der Waals surface area contributed by atoms with Crippen LogP contribution in [0.3, 0.4) is 0 Å². The first-order valence-electron chi connectivity index (χ1n) is 11.6. The van der Waals surface area contributed by atoms with Gasteiger partial charge in [0.15, 0.2) is 0 Å². The Morgan fingerprint density at radius 3 is 1.31 bits per heavy atom. The van der Waals surface area contributed by atoms with E-state index in [1.165, 1.54) is 13.8 Å². The number of nitrogens with one attached hydrogen (secondary N) is 2. The molecule has 0 saturated carbocycles. The van der Waals surface area contributed by atoms with Crippen LogP contribution in [0.2, 0.25) is 0 Å². The van der Waals surface area contributed by atoms with Gasteiger partial charge in [-0.3, -0.25) is 19.2 Å². The summed E-state index contributed by atoms with van der Waals surface area (Å²) < 4.78 is 10.5. The molecule has 188 valence electrons. The van der Waals surface area contributed by atoms with E-state index in [9.17, 15) is 19.2 Å². The summed E-state index contributed by atoms with van der Waals surface area (Å²) >= 11 is 0. The highest BCUT2D eigenvalue weighted by molar-refractivity contribution is 5.76. The van der Waals surface area contributed by atoms with E-state index in [0.717, 1.165) is 22.3 Å². The maximum Gasteiger partial charge on any atom is 0.308 e. The van der Waals surface area contributed by atoms with Crippen molar-refractivity contribution in [3.05, 3.63) is 70.8 Å². The average Bonchev–Trinajstić information content (AvgIpc) is 2.78. The summed E-state index contributed by atoms with van der Waals surface area (Å²) in [5.74, 6) is -1.39. The number of amides is 2. The first kappa shape index (κ1) is 27.6. The fraction of sp³-hybridized carbons (Fsp3) is 0.407.